The third-order valence-electron chi connectivity index (χ3n) is 5.90. The zero-order chi connectivity index (χ0) is 11.2. The van der Waals surface area contributed by atoms with Gasteiger partial charge in [-0.3, -0.25) is 4.90 Å². The molecule has 5 fully saturated rings. The monoisotopic (exact) mass is 234 g/mol. The molecule has 2 atom stereocenters. The van der Waals surface area contributed by atoms with Gasteiger partial charge in [-0.25, -0.2) is 0 Å². The molecule has 2 aliphatic carbocycles. The van der Waals surface area contributed by atoms with Crippen LogP contribution in [0.15, 0.2) is 0 Å². The lowest BCUT2D eigenvalue weighted by molar-refractivity contribution is -0.00944. The smallest absolute Gasteiger partial charge is 0.0102 e. The van der Waals surface area contributed by atoms with Crippen molar-refractivity contribution in [3.63, 3.8) is 0 Å². The van der Waals surface area contributed by atoms with Crippen molar-refractivity contribution in [3.8, 4) is 0 Å². The fourth-order valence-electron chi connectivity index (χ4n) is 4.94. The maximum absolute atomic E-state index is 3.67. The number of hydrogen-bond acceptors (Lipinski definition) is 2. The summed E-state index contributed by atoms with van der Waals surface area (Å²) < 4.78 is 0. The van der Waals surface area contributed by atoms with Crippen LogP contribution in [-0.4, -0.2) is 37.1 Å². The highest BCUT2D eigenvalue weighted by Gasteiger charge is 2.41. The summed E-state index contributed by atoms with van der Waals surface area (Å²) in [6.07, 6.45) is 9.07. The Morgan fingerprint density at radius 1 is 0.706 bits per heavy atom. The van der Waals surface area contributed by atoms with Gasteiger partial charge in [0.05, 0.1) is 0 Å². The molecule has 0 aromatic rings. The SMILES string of the molecule is C1CC2CNCC1CC(N1CC3CC(C3)C1)C2. The van der Waals surface area contributed by atoms with Gasteiger partial charge in [-0.15, -0.1) is 0 Å². The van der Waals surface area contributed by atoms with Gasteiger partial charge < -0.3 is 5.32 Å². The maximum atomic E-state index is 3.67. The zero-order valence-electron chi connectivity index (χ0n) is 10.9. The molecule has 3 saturated heterocycles. The highest BCUT2D eigenvalue weighted by molar-refractivity contribution is 4.95. The molecule has 1 N–H and O–H groups in total. The Bertz CT molecular complexity index is 261. The number of rotatable bonds is 1. The number of hydrogen-bond donors (Lipinski definition) is 1. The van der Waals surface area contributed by atoms with E-state index in [-0.39, 0.29) is 0 Å². The Kier molecular flexibility index (Phi) is 2.69. The quantitative estimate of drug-likeness (QED) is 0.747. The van der Waals surface area contributed by atoms with Gasteiger partial charge in [0.2, 0.25) is 0 Å². The predicted octanol–water partition coefficient (Wildman–Crippen LogP) is 2.11. The molecule has 96 valence electrons. The molecular formula is C15H26N2. The van der Waals surface area contributed by atoms with Crippen molar-refractivity contribution in [2.75, 3.05) is 26.2 Å². The van der Waals surface area contributed by atoms with Crippen molar-refractivity contribution in [2.24, 2.45) is 23.7 Å². The molecule has 2 heteroatoms. The van der Waals surface area contributed by atoms with Crippen LogP contribution in [0.4, 0.5) is 0 Å². The van der Waals surface area contributed by atoms with Crippen LogP contribution in [0.1, 0.15) is 38.5 Å². The fourth-order valence-corrected chi connectivity index (χ4v) is 4.94. The molecule has 0 amide bonds. The lowest BCUT2D eigenvalue weighted by Gasteiger charge is -2.50. The van der Waals surface area contributed by atoms with Crippen LogP contribution in [0, 0.1) is 23.7 Å². The lowest BCUT2D eigenvalue weighted by atomic mass is 9.70. The Morgan fingerprint density at radius 2 is 1.29 bits per heavy atom. The highest BCUT2D eigenvalue weighted by Crippen LogP contribution is 2.42. The normalized spacial score (nSPS) is 50.5. The van der Waals surface area contributed by atoms with Crippen molar-refractivity contribution in [2.45, 2.75) is 44.6 Å². The summed E-state index contributed by atoms with van der Waals surface area (Å²) in [4.78, 5) is 2.89. The van der Waals surface area contributed by atoms with Crippen molar-refractivity contribution >= 4 is 0 Å². The second-order valence-electron chi connectivity index (χ2n) is 7.25. The van der Waals surface area contributed by atoms with Crippen LogP contribution in [0.2, 0.25) is 0 Å². The average Bonchev–Trinajstić information content (AvgIpc) is 2.61. The minimum atomic E-state index is 0.945. The van der Waals surface area contributed by atoms with Gasteiger partial charge in [0.25, 0.3) is 0 Å². The molecule has 0 aromatic carbocycles. The van der Waals surface area contributed by atoms with Gasteiger partial charge in [0.15, 0.2) is 0 Å². The molecule has 2 saturated carbocycles. The van der Waals surface area contributed by atoms with Gasteiger partial charge in [-0.2, -0.15) is 0 Å². The van der Waals surface area contributed by atoms with Gasteiger partial charge in [0, 0.05) is 19.1 Å². The number of nitrogens with zero attached hydrogens (tertiary/aromatic N) is 1. The second kappa shape index (κ2) is 4.24. The summed E-state index contributed by atoms with van der Waals surface area (Å²) in [5.74, 6) is 4.11. The van der Waals surface area contributed by atoms with Crippen LogP contribution >= 0.6 is 0 Å². The first-order valence-corrected chi connectivity index (χ1v) is 7.81. The van der Waals surface area contributed by atoms with E-state index in [0.29, 0.717) is 0 Å². The minimum absolute atomic E-state index is 0.945. The van der Waals surface area contributed by atoms with E-state index in [1.807, 2.05) is 0 Å². The van der Waals surface area contributed by atoms with Crippen molar-refractivity contribution in [3.05, 3.63) is 0 Å². The molecule has 4 bridgehead atoms. The van der Waals surface area contributed by atoms with E-state index < -0.39 is 0 Å². The summed E-state index contributed by atoms with van der Waals surface area (Å²) in [6.45, 7) is 5.48. The molecular weight excluding hydrogens is 208 g/mol. The molecule has 5 rings (SSSR count). The van der Waals surface area contributed by atoms with E-state index in [0.717, 1.165) is 29.7 Å². The first-order valence-electron chi connectivity index (χ1n) is 7.81. The topological polar surface area (TPSA) is 15.3 Å². The summed E-state index contributed by atoms with van der Waals surface area (Å²) >= 11 is 0. The van der Waals surface area contributed by atoms with Crippen molar-refractivity contribution in [1.29, 1.82) is 0 Å². The van der Waals surface area contributed by atoms with Crippen LogP contribution in [0.3, 0.4) is 0 Å². The lowest BCUT2D eigenvalue weighted by Crippen LogP contribution is -2.53. The summed E-state index contributed by atoms with van der Waals surface area (Å²) in [6, 6.07) is 0.945. The zero-order valence-corrected chi connectivity index (χ0v) is 10.9. The maximum Gasteiger partial charge on any atom is 0.0102 e. The van der Waals surface area contributed by atoms with Gasteiger partial charge >= 0.3 is 0 Å². The largest absolute Gasteiger partial charge is 0.316 e. The van der Waals surface area contributed by atoms with E-state index in [9.17, 15) is 0 Å². The highest BCUT2D eigenvalue weighted by atomic mass is 15.2. The molecule has 3 heterocycles. The first-order chi connectivity index (χ1) is 8.37. The minimum Gasteiger partial charge on any atom is -0.316 e. The molecule has 5 aliphatic rings. The Labute approximate surface area is 105 Å². The van der Waals surface area contributed by atoms with E-state index >= 15 is 0 Å². The van der Waals surface area contributed by atoms with E-state index in [4.69, 9.17) is 0 Å². The molecule has 0 radical (unpaired) electrons. The van der Waals surface area contributed by atoms with E-state index in [1.165, 1.54) is 51.9 Å². The van der Waals surface area contributed by atoms with Crippen molar-refractivity contribution < 1.29 is 0 Å². The number of fused-ring (bicyclic) bond motifs is 5. The first kappa shape index (κ1) is 10.8. The number of piperidine rings is 2. The molecule has 2 unspecified atom stereocenters. The summed E-state index contributed by atoms with van der Waals surface area (Å²) in [5, 5.41) is 3.67. The Balaban J connectivity index is 1.46. The number of nitrogens with one attached hydrogen (secondary N) is 1. The molecule has 3 aliphatic heterocycles. The van der Waals surface area contributed by atoms with Crippen LogP contribution < -0.4 is 5.32 Å². The summed E-state index contributed by atoms with van der Waals surface area (Å²) in [5.41, 5.74) is 0. The average molecular weight is 234 g/mol. The van der Waals surface area contributed by atoms with Crippen LogP contribution in [0.5, 0.6) is 0 Å². The summed E-state index contributed by atoms with van der Waals surface area (Å²) in [7, 11) is 0. The predicted molar refractivity (Wildman–Crippen MR) is 69.9 cm³/mol. The Morgan fingerprint density at radius 3 is 1.88 bits per heavy atom. The van der Waals surface area contributed by atoms with Crippen LogP contribution in [0.25, 0.3) is 0 Å². The molecule has 0 aromatic heterocycles. The third-order valence-corrected chi connectivity index (χ3v) is 5.90. The Hall–Kier alpha value is -0.0800. The van der Waals surface area contributed by atoms with E-state index in [1.54, 1.807) is 12.8 Å². The van der Waals surface area contributed by atoms with Gasteiger partial charge in [-0.1, -0.05) is 0 Å². The molecule has 17 heavy (non-hydrogen) atoms. The standard InChI is InChI=1S/C15H26N2/c1-2-12-6-15(5-11(1)7-16-8-12)17-9-13-3-14(4-13)10-17/h11-16H,1-10H2. The van der Waals surface area contributed by atoms with E-state index in [2.05, 4.69) is 10.2 Å². The third kappa shape index (κ3) is 2.04. The second-order valence-corrected chi connectivity index (χ2v) is 7.25. The van der Waals surface area contributed by atoms with Crippen LogP contribution in [-0.2, 0) is 0 Å². The molecule has 2 nitrogen and oxygen atoms in total. The fraction of sp³-hybridized carbons (Fsp3) is 1.00. The molecule has 0 spiro atoms. The van der Waals surface area contributed by atoms with Gasteiger partial charge in [0.1, 0.15) is 0 Å². The van der Waals surface area contributed by atoms with Crippen molar-refractivity contribution in [1.82, 2.24) is 10.2 Å². The van der Waals surface area contributed by atoms with Gasteiger partial charge in [-0.05, 0) is 75.3 Å².